The predicted molar refractivity (Wildman–Crippen MR) is 355 cm³/mol. The third-order valence-electron chi connectivity index (χ3n) is 13.5. The Kier molecular flexibility index (Phi) is 57.0. The molecule has 0 aromatic heterocycles. The summed E-state index contributed by atoms with van der Waals surface area (Å²) < 4.78 is 30.7. The number of unbranched alkanes of at least 4 members (excludes halogenated alkanes) is 19. The van der Waals surface area contributed by atoms with Gasteiger partial charge in [0.25, 0.3) is 0 Å². The van der Waals surface area contributed by atoms with Gasteiger partial charge in [-0.2, -0.15) is 0 Å². The number of nitrogens with zero attached hydrogens (tertiary/aromatic N) is 1. The first-order valence-corrected chi connectivity index (χ1v) is 34.2. The van der Waals surface area contributed by atoms with Gasteiger partial charge in [0, 0.05) is 12.8 Å². The lowest BCUT2D eigenvalue weighted by Gasteiger charge is -2.27. The van der Waals surface area contributed by atoms with Gasteiger partial charge in [0.05, 0.1) is 33.8 Å². The van der Waals surface area contributed by atoms with Gasteiger partial charge < -0.3 is 19.4 Å². The van der Waals surface area contributed by atoms with Crippen LogP contribution in [0.25, 0.3) is 0 Å². The monoisotopic (exact) mass is 1160 g/mol. The van der Waals surface area contributed by atoms with E-state index in [1.54, 1.807) is 0 Å². The zero-order valence-corrected chi connectivity index (χ0v) is 54.1. The van der Waals surface area contributed by atoms with Crippen molar-refractivity contribution < 1.29 is 37.3 Å². The summed E-state index contributed by atoms with van der Waals surface area (Å²) in [5.41, 5.74) is 0. The Labute approximate surface area is 504 Å². The minimum atomic E-state index is -4.48. The van der Waals surface area contributed by atoms with Crippen molar-refractivity contribution in [3.63, 3.8) is 0 Å². The van der Waals surface area contributed by atoms with Gasteiger partial charge in [0.15, 0.2) is 0 Å². The number of phosphoric acid groups is 1. The largest absolute Gasteiger partial charge is 0.472 e. The molecule has 1 amide bonds. The van der Waals surface area contributed by atoms with E-state index in [1.807, 2.05) is 39.4 Å². The number of likely N-dealkylation sites (N-methyl/N-ethyl adjacent to an activating group) is 1. The highest BCUT2D eigenvalue weighted by atomic mass is 31.2. The van der Waals surface area contributed by atoms with Crippen molar-refractivity contribution in [3.05, 3.63) is 146 Å². The van der Waals surface area contributed by atoms with E-state index in [-0.39, 0.29) is 37.9 Å². The second-order valence-electron chi connectivity index (χ2n) is 22.5. The minimum Gasteiger partial charge on any atom is -0.456 e. The summed E-state index contributed by atoms with van der Waals surface area (Å²) in [4.78, 5) is 37.8. The van der Waals surface area contributed by atoms with E-state index in [0.29, 0.717) is 23.9 Å². The van der Waals surface area contributed by atoms with Gasteiger partial charge in [0.2, 0.25) is 5.91 Å². The number of ether oxygens (including phenoxy) is 1. The molecule has 9 nitrogen and oxygen atoms in total. The van der Waals surface area contributed by atoms with Crippen LogP contribution in [0.15, 0.2) is 146 Å². The van der Waals surface area contributed by atoms with Gasteiger partial charge in [-0.05, 0) is 115 Å². The molecule has 0 fully saturated rings. The van der Waals surface area contributed by atoms with E-state index in [0.717, 1.165) is 116 Å². The number of hydrogen-bond acceptors (Lipinski definition) is 6. The molecule has 2 N–H and O–H groups in total. The molecule has 466 valence electrons. The molecule has 3 atom stereocenters. The molecule has 0 aliphatic heterocycles. The van der Waals surface area contributed by atoms with E-state index in [2.05, 4.69) is 154 Å². The Morgan fingerprint density at radius 2 is 0.793 bits per heavy atom. The highest BCUT2D eigenvalue weighted by molar-refractivity contribution is 7.47. The molecule has 0 saturated heterocycles. The Morgan fingerprint density at radius 1 is 0.439 bits per heavy atom. The third kappa shape index (κ3) is 60.5. The van der Waals surface area contributed by atoms with Gasteiger partial charge in [-0.3, -0.25) is 18.6 Å². The molecule has 0 spiro atoms. The fourth-order valence-corrected chi connectivity index (χ4v) is 9.31. The van der Waals surface area contributed by atoms with Crippen LogP contribution in [0, 0.1) is 0 Å². The second kappa shape index (κ2) is 60.0. The molecule has 0 aromatic carbocycles. The molecule has 0 radical (unpaired) electrons. The molecule has 0 bridgehead atoms. The number of quaternary nitrogens is 1. The quantitative estimate of drug-likeness (QED) is 0.0205. The van der Waals surface area contributed by atoms with E-state index < -0.39 is 20.0 Å². The van der Waals surface area contributed by atoms with Crippen LogP contribution < -0.4 is 5.32 Å². The molecular weight excluding hydrogens is 1040 g/mol. The molecule has 0 aliphatic rings. The van der Waals surface area contributed by atoms with Gasteiger partial charge in [-0.15, -0.1) is 0 Å². The Hall–Kier alpha value is -4.11. The summed E-state index contributed by atoms with van der Waals surface area (Å²) in [7, 11) is 1.43. The van der Waals surface area contributed by atoms with Crippen LogP contribution >= 0.6 is 7.82 Å². The summed E-state index contributed by atoms with van der Waals surface area (Å²) in [5.74, 6) is -0.619. The number of amides is 1. The maximum absolute atomic E-state index is 13.5. The summed E-state index contributed by atoms with van der Waals surface area (Å²) >= 11 is 0. The Balaban J connectivity index is 5.28. The maximum Gasteiger partial charge on any atom is 0.472 e. The number of rotatable bonds is 57. The number of carbonyl (C=O) groups excluding carboxylic acids is 2. The summed E-state index contributed by atoms with van der Waals surface area (Å²) in [6.07, 6.45) is 87.3. The van der Waals surface area contributed by atoms with E-state index in [4.69, 9.17) is 13.8 Å². The smallest absolute Gasteiger partial charge is 0.456 e. The zero-order chi connectivity index (χ0) is 60.0. The van der Waals surface area contributed by atoms with Crippen molar-refractivity contribution in [2.24, 2.45) is 0 Å². The van der Waals surface area contributed by atoms with Crippen LogP contribution in [-0.4, -0.2) is 74.3 Å². The molecule has 0 heterocycles. The SMILES string of the molecule is CC/C=C\C/C=C\C/C=C\C/C=C\C/C=C\C/C=C\CCC(=O)NC(COP(=O)(O)OCC[N+](C)(C)C)C(/C=C\CCCCCCCCCCCC)OC(=O)CCCCCCCCCCC/C=C\C/C=C\C/C=C\C/C=C\C/C=C\CC. The number of esters is 1. The van der Waals surface area contributed by atoms with Gasteiger partial charge in [-0.25, -0.2) is 4.57 Å². The van der Waals surface area contributed by atoms with Crippen molar-refractivity contribution >= 4 is 19.7 Å². The highest BCUT2D eigenvalue weighted by Gasteiger charge is 2.30. The van der Waals surface area contributed by atoms with Crippen molar-refractivity contribution in [1.29, 1.82) is 0 Å². The summed E-state index contributed by atoms with van der Waals surface area (Å²) in [6.45, 7) is 6.71. The second-order valence-corrected chi connectivity index (χ2v) is 24.0. The topological polar surface area (TPSA) is 111 Å². The highest BCUT2D eigenvalue weighted by Crippen LogP contribution is 2.43. The minimum absolute atomic E-state index is 0.0177. The number of phosphoric ester groups is 1. The molecule has 0 aromatic rings. The fraction of sp³-hybridized carbons (Fsp3) is 0.639. The number of nitrogens with one attached hydrogen (secondary N) is 1. The first kappa shape index (κ1) is 77.9. The lowest BCUT2D eigenvalue weighted by Crippen LogP contribution is -2.47. The van der Waals surface area contributed by atoms with Gasteiger partial charge >= 0.3 is 13.8 Å². The van der Waals surface area contributed by atoms with Crippen LogP contribution in [-0.2, 0) is 27.9 Å². The lowest BCUT2D eigenvalue weighted by atomic mass is 10.0. The van der Waals surface area contributed by atoms with Crippen molar-refractivity contribution in [1.82, 2.24) is 5.32 Å². The molecule has 0 aliphatic carbocycles. The van der Waals surface area contributed by atoms with Crippen LogP contribution in [0.5, 0.6) is 0 Å². The average Bonchev–Trinajstić information content (AvgIpc) is 3.47. The summed E-state index contributed by atoms with van der Waals surface area (Å²) in [6, 6.07) is -0.903. The first-order chi connectivity index (χ1) is 39.9. The summed E-state index contributed by atoms with van der Waals surface area (Å²) in [5, 5.41) is 3.00. The van der Waals surface area contributed by atoms with Crippen LogP contribution in [0.2, 0.25) is 0 Å². The maximum atomic E-state index is 13.5. The Bertz CT molecular complexity index is 1910. The van der Waals surface area contributed by atoms with Crippen LogP contribution in [0.3, 0.4) is 0 Å². The first-order valence-electron chi connectivity index (χ1n) is 32.7. The van der Waals surface area contributed by atoms with E-state index >= 15 is 0 Å². The molecule has 0 saturated carbocycles. The Morgan fingerprint density at radius 3 is 1.20 bits per heavy atom. The van der Waals surface area contributed by atoms with Crippen molar-refractivity contribution in [3.8, 4) is 0 Å². The molecule has 3 unspecified atom stereocenters. The predicted octanol–water partition coefficient (Wildman–Crippen LogP) is 20.6. The van der Waals surface area contributed by atoms with Crippen LogP contribution in [0.1, 0.15) is 245 Å². The van der Waals surface area contributed by atoms with E-state index in [9.17, 15) is 19.0 Å². The number of hydrogen-bond donors (Lipinski definition) is 2. The number of carbonyl (C=O) groups is 2. The lowest BCUT2D eigenvalue weighted by molar-refractivity contribution is -0.870. The number of allylic oxidation sites excluding steroid dienone is 23. The van der Waals surface area contributed by atoms with Crippen molar-refractivity contribution in [2.45, 2.75) is 258 Å². The van der Waals surface area contributed by atoms with Gasteiger partial charge in [-0.1, -0.05) is 263 Å². The molecule has 0 rings (SSSR count). The molecular formula is C72H122N2O7P+. The normalized spacial score (nSPS) is 14.6. The fourth-order valence-electron chi connectivity index (χ4n) is 8.58. The van der Waals surface area contributed by atoms with E-state index in [1.165, 1.54) is 83.5 Å². The zero-order valence-electron chi connectivity index (χ0n) is 53.2. The molecule has 82 heavy (non-hydrogen) atoms. The molecule has 10 heteroatoms. The standard InChI is InChI=1S/C72H121N2O7P/c1-7-10-13-16-19-22-25-28-30-32-34-35-36-37-38-39-41-43-45-47-50-53-56-59-62-65-72(76)81-70(63-60-57-54-51-48-27-24-21-18-15-12-9-3)69(68-80-82(77,78)79-67-66-74(4,5)6)73-71(75)64-61-58-55-52-49-46-44-42-40-33-31-29-26-23-20-17-14-11-8-2/h10-11,13-14,19-20,22-23,28-31,34-35,37-38,40,42,46,49,55,58,60,63,69-70H,7-9,12,15-18,21,24-27,32-33,36,39,41,43-45,47-48,50-54,56-57,59,61-62,64-68H2,1-6H3,(H-,73,75,77,78)/p+1/b13-10-,14-11-,22-19-,23-20-,30-28-,31-29-,35-34-,38-37-,42-40-,49-46-,58-55-,63-60-. The third-order valence-corrected chi connectivity index (χ3v) is 14.5. The van der Waals surface area contributed by atoms with Crippen LogP contribution in [0.4, 0.5) is 0 Å². The average molecular weight is 1160 g/mol. The van der Waals surface area contributed by atoms with Crippen molar-refractivity contribution in [2.75, 3.05) is 40.9 Å². The van der Waals surface area contributed by atoms with Gasteiger partial charge in [0.1, 0.15) is 19.3 Å².